The fraction of sp³-hybridized carbons (Fsp3) is 0.111. The fourth-order valence-electron chi connectivity index (χ4n) is 1.22. The van der Waals surface area contributed by atoms with E-state index in [-0.39, 0.29) is 6.04 Å². The molecule has 0 bridgehead atoms. The molecule has 2 nitrogen and oxygen atoms in total. The van der Waals surface area contributed by atoms with E-state index in [1.807, 2.05) is 12.1 Å². The summed E-state index contributed by atoms with van der Waals surface area (Å²) in [5.74, 6) is 5.52. The molecule has 0 aliphatic rings. The molecule has 2 heterocycles. The summed E-state index contributed by atoms with van der Waals surface area (Å²) < 4.78 is 0. The third-order valence-corrected chi connectivity index (χ3v) is 3.70. The largest absolute Gasteiger partial charge is 0.271 e. The third-order valence-electron chi connectivity index (χ3n) is 1.82. The number of rotatable bonds is 3. The Morgan fingerprint density at radius 2 is 1.62 bits per heavy atom. The van der Waals surface area contributed by atoms with Crippen molar-refractivity contribution >= 4 is 22.7 Å². The summed E-state index contributed by atoms with van der Waals surface area (Å²) in [6.45, 7) is 0. The van der Waals surface area contributed by atoms with E-state index in [0.29, 0.717) is 0 Å². The zero-order valence-electron chi connectivity index (χ0n) is 6.94. The minimum Gasteiger partial charge on any atom is -0.271 e. The van der Waals surface area contributed by atoms with Crippen molar-refractivity contribution in [3.05, 3.63) is 44.8 Å². The maximum Gasteiger partial charge on any atom is 0.0894 e. The first kappa shape index (κ1) is 8.90. The van der Waals surface area contributed by atoms with Gasteiger partial charge in [0.05, 0.1) is 6.04 Å². The first-order valence-corrected chi connectivity index (χ1v) is 5.70. The molecule has 2 rings (SSSR count). The summed E-state index contributed by atoms with van der Waals surface area (Å²) in [5.41, 5.74) is 2.83. The lowest BCUT2D eigenvalue weighted by Crippen LogP contribution is -2.27. The minimum atomic E-state index is 0.153. The Kier molecular flexibility index (Phi) is 2.75. The van der Waals surface area contributed by atoms with Crippen LogP contribution in [0.1, 0.15) is 15.8 Å². The van der Waals surface area contributed by atoms with Crippen molar-refractivity contribution in [1.82, 2.24) is 5.43 Å². The molecule has 0 saturated heterocycles. The molecule has 0 spiro atoms. The molecule has 4 heteroatoms. The topological polar surface area (TPSA) is 38.0 Å². The zero-order chi connectivity index (χ0) is 9.10. The van der Waals surface area contributed by atoms with E-state index < -0.39 is 0 Å². The molecule has 13 heavy (non-hydrogen) atoms. The summed E-state index contributed by atoms with van der Waals surface area (Å²) in [4.78, 5) is 2.51. The molecule has 68 valence electrons. The van der Waals surface area contributed by atoms with Gasteiger partial charge in [0.25, 0.3) is 0 Å². The van der Waals surface area contributed by atoms with Crippen molar-refractivity contribution in [2.24, 2.45) is 5.84 Å². The molecule has 0 fully saturated rings. The predicted octanol–water partition coefficient (Wildman–Crippen LogP) is 2.36. The van der Waals surface area contributed by atoms with E-state index in [0.717, 1.165) is 0 Å². The zero-order valence-corrected chi connectivity index (χ0v) is 8.57. The van der Waals surface area contributed by atoms with Gasteiger partial charge in [-0.15, -0.1) is 22.7 Å². The monoisotopic (exact) mass is 210 g/mol. The highest BCUT2D eigenvalue weighted by molar-refractivity contribution is 7.11. The van der Waals surface area contributed by atoms with Crippen molar-refractivity contribution in [2.45, 2.75) is 6.04 Å². The van der Waals surface area contributed by atoms with Crippen molar-refractivity contribution in [3.8, 4) is 0 Å². The number of hydrogen-bond donors (Lipinski definition) is 2. The summed E-state index contributed by atoms with van der Waals surface area (Å²) in [6, 6.07) is 8.42. The van der Waals surface area contributed by atoms with E-state index in [2.05, 4.69) is 28.3 Å². The first-order valence-electron chi connectivity index (χ1n) is 3.95. The van der Waals surface area contributed by atoms with Gasteiger partial charge in [0.15, 0.2) is 0 Å². The van der Waals surface area contributed by atoms with Crippen LogP contribution in [0, 0.1) is 0 Å². The Balaban J connectivity index is 2.29. The van der Waals surface area contributed by atoms with Gasteiger partial charge in [-0.2, -0.15) is 0 Å². The molecular weight excluding hydrogens is 200 g/mol. The SMILES string of the molecule is NNC(c1cccs1)c1cccs1. The highest BCUT2D eigenvalue weighted by atomic mass is 32.1. The van der Waals surface area contributed by atoms with Crippen LogP contribution in [0.25, 0.3) is 0 Å². The van der Waals surface area contributed by atoms with Gasteiger partial charge in [-0.05, 0) is 22.9 Å². The van der Waals surface area contributed by atoms with Crippen molar-refractivity contribution in [3.63, 3.8) is 0 Å². The molecule has 0 aromatic carbocycles. The molecule has 0 aliphatic heterocycles. The summed E-state index contributed by atoms with van der Waals surface area (Å²) >= 11 is 3.44. The van der Waals surface area contributed by atoms with Crippen LogP contribution >= 0.6 is 22.7 Å². The Morgan fingerprint density at radius 1 is 1.08 bits per heavy atom. The fourth-order valence-corrected chi connectivity index (χ4v) is 2.90. The number of hydrazine groups is 1. The van der Waals surface area contributed by atoms with Gasteiger partial charge >= 0.3 is 0 Å². The van der Waals surface area contributed by atoms with Gasteiger partial charge in [0, 0.05) is 9.75 Å². The lowest BCUT2D eigenvalue weighted by Gasteiger charge is -2.11. The van der Waals surface area contributed by atoms with Crippen LogP contribution in [0.15, 0.2) is 35.0 Å². The number of hydrogen-bond acceptors (Lipinski definition) is 4. The summed E-state index contributed by atoms with van der Waals surface area (Å²) in [5, 5.41) is 4.13. The second kappa shape index (κ2) is 4.02. The van der Waals surface area contributed by atoms with E-state index in [1.54, 1.807) is 22.7 Å². The van der Waals surface area contributed by atoms with E-state index in [4.69, 9.17) is 5.84 Å². The lowest BCUT2D eigenvalue weighted by molar-refractivity contribution is 0.656. The standard InChI is InChI=1S/C9H10N2S2/c10-11-9(7-3-1-5-12-7)8-4-2-6-13-8/h1-6,9,11H,10H2. The van der Waals surface area contributed by atoms with Crippen LogP contribution in [0.2, 0.25) is 0 Å². The van der Waals surface area contributed by atoms with Gasteiger partial charge in [-0.1, -0.05) is 12.1 Å². The van der Waals surface area contributed by atoms with Crippen LogP contribution in [-0.2, 0) is 0 Å². The van der Waals surface area contributed by atoms with Crippen LogP contribution in [0.4, 0.5) is 0 Å². The normalized spacial score (nSPS) is 10.9. The second-order valence-corrected chi connectivity index (χ2v) is 4.59. The van der Waals surface area contributed by atoms with Crippen molar-refractivity contribution in [1.29, 1.82) is 0 Å². The molecule has 0 aliphatic carbocycles. The highest BCUT2D eigenvalue weighted by Crippen LogP contribution is 2.27. The summed E-state index contributed by atoms with van der Waals surface area (Å²) in [7, 11) is 0. The number of nitrogens with two attached hydrogens (primary N) is 1. The lowest BCUT2D eigenvalue weighted by atomic mass is 10.2. The molecule has 2 aromatic heterocycles. The van der Waals surface area contributed by atoms with Crippen LogP contribution in [0.3, 0.4) is 0 Å². The Labute approximate surface area is 85.0 Å². The average Bonchev–Trinajstić information content (AvgIpc) is 2.76. The molecule has 0 unspecified atom stereocenters. The molecule has 0 atom stereocenters. The molecule has 0 saturated carbocycles. The van der Waals surface area contributed by atoms with Gasteiger partial charge in [-0.25, -0.2) is 5.43 Å². The average molecular weight is 210 g/mol. The Hall–Kier alpha value is -0.680. The minimum absolute atomic E-state index is 0.153. The molecule has 0 radical (unpaired) electrons. The van der Waals surface area contributed by atoms with Crippen molar-refractivity contribution < 1.29 is 0 Å². The maximum absolute atomic E-state index is 5.52. The maximum atomic E-state index is 5.52. The molecule has 3 N–H and O–H groups in total. The molecular formula is C9H10N2S2. The van der Waals surface area contributed by atoms with Crippen LogP contribution in [0.5, 0.6) is 0 Å². The number of nitrogens with one attached hydrogen (secondary N) is 1. The molecule has 0 amide bonds. The second-order valence-electron chi connectivity index (χ2n) is 2.63. The van der Waals surface area contributed by atoms with Gasteiger partial charge in [0.1, 0.15) is 0 Å². The predicted molar refractivity (Wildman–Crippen MR) is 57.8 cm³/mol. The smallest absolute Gasteiger partial charge is 0.0894 e. The quantitative estimate of drug-likeness (QED) is 0.603. The third kappa shape index (κ3) is 1.81. The van der Waals surface area contributed by atoms with Crippen LogP contribution in [-0.4, -0.2) is 0 Å². The molecule has 2 aromatic rings. The van der Waals surface area contributed by atoms with Gasteiger partial charge < -0.3 is 0 Å². The Bertz CT molecular complexity index is 305. The van der Waals surface area contributed by atoms with Gasteiger partial charge in [-0.3, -0.25) is 5.84 Å². The van der Waals surface area contributed by atoms with E-state index in [1.165, 1.54) is 9.75 Å². The Morgan fingerprint density at radius 3 is 1.92 bits per heavy atom. The highest BCUT2D eigenvalue weighted by Gasteiger charge is 2.13. The van der Waals surface area contributed by atoms with E-state index >= 15 is 0 Å². The van der Waals surface area contributed by atoms with Crippen LogP contribution < -0.4 is 11.3 Å². The van der Waals surface area contributed by atoms with E-state index in [9.17, 15) is 0 Å². The first-order chi connectivity index (χ1) is 6.42. The van der Waals surface area contributed by atoms with Crippen molar-refractivity contribution in [2.75, 3.05) is 0 Å². The summed E-state index contributed by atoms with van der Waals surface area (Å²) in [6.07, 6.45) is 0. The van der Waals surface area contributed by atoms with Gasteiger partial charge in [0.2, 0.25) is 0 Å². The number of thiophene rings is 2.